The van der Waals surface area contributed by atoms with E-state index < -0.39 is 13.9 Å². The molecule has 0 aromatic heterocycles. The molecule has 0 aromatic carbocycles. The SMILES string of the molecule is CC/C=C\C/C=C\C/C=C\CCCCCCOCC(COP(=O)([O-])OCC[N+](C)(C)C)OC(=O)CCCCCCC/C=C\C/C=C\CCCC. The third kappa shape index (κ3) is 37.5. The second kappa shape index (κ2) is 34.3. The van der Waals surface area contributed by atoms with Gasteiger partial charge in [-0.25, -0.2) is 0 Å². The zero-order chi connectivity index (χ0) is 37.0. The molecule has 290 valence electrons. The Morgan fingerprint density at radius 3 is 1.74 bits per heavy atom. The van der Waals surface area contributed by atoms with Gasteiger partial charge in [-0.1, -0.05) is 120 Å². The number of rotatable bonds is 35. The molecule has 9 heteroatoms. The molecule has 0 N–H and O–H groups in total. The summed E-state index contributed by atoms with van der Waals surface area (Å²) in [6.45, 7) is 5.15. The first-order valence-electron chi connectivity index (χ1n) is 19.5. The normalized spacial score (nSPS) is 14.6. The maximum absolute atomic E-state index is 12.6. The van der Waals surface area contributed by atoms with Gasteiger partial charge in [0.05, 0.1) is 34.4 Å². The number of nitrogens with zero attached hydrogens (tertiary/aromatic N) is 1. The van der Waals surface area contributed by atoms with Crippen LogP contribution in [0.25, 0.3) is 0 Å². The average molecular weight is 724 g/mol. The molecule has 0 saturated carbocycles. The van der Waals surface area contributed by atoms with Crippen molar-refractivity contribution in [1.29, 1.82) is 0 Å². The highest BCUT2D eigenvalue weighted by Crippen LogP contribution is 2.38. The van der Waals surface area contributed by atoms with Gasteiger partial charge in [0.1, 0.15) is 19.3 Å². The van der Waals surface area contributed by atoms with Crippen molar-refractivity contribution in [3.63, 3.8) is 0 Å². The summed E-state index contributed by atoms with van der Waals surface area (Å²) in [4.78, 5) is 24.9. The Bertz CT molecular complexity index is 984. The van der Waals surface area contributed by atoms with Gasteiger partial charge in [0.25, 0.3) is 7.82 Å². The number of carbonyl (C=O) groups excluding carboxylic acids is 1. The number of hydrogen-bond acceptors (Lipinski definition) is 7. The second-order valence-electron chi connectivity index (χ2n) is 13.9. The van der Waals surface area contributed by atoms with E-state index in [1.165, 1.54) is 19.3 Å². The predicted octanol–water partition coefficient (Wildman–Crippen LogP) is 10.4. The standard InChI is InChI=1S/C41H74NO7P/c1-6-8-10-12-14-16-18-20-22-24-26-28-30-32-34-41(43)49-40(39-48-50(44,45)47-37-35-42(3,4)5)38-46-36-33-31-29-27-25-23-21-19-17-15-13-11-9-7-2/h9,11-12,14-15,17-18,20-21,23,40H,6-8,10,13,16,19,22,24-39H2,1-5H3/b11-9-,14-12-,17-15-,20-18-,23-21-. The van der Waals surface area contributed by atoms with Crippen molar-refractivity contribution < 1.29 is 37.3 Å². The van der Waals surface area contributed by atoms with Gasteiger partial charge in [-0.3, -0.25) is 9.36 Å². The van der Waals surface area contributed by atoms with Gasteiger partial charge in [0, 0.05) is 13.0 Å². The van der Waals surface area contributed by atoms with Gasteiger partial charge in [-0.2, -0.15) is 0 Å². The van der Waals surface area contributed by atoms with Crippen molar-refractivity contribution >= 4 is 13.8 Å². The van der Waals surface area contributed by atoms with Gasteiger partial charge >= 0.3 is 5.97 Å². The number of esters is 1. The zero-order valence-electron chi connectivity index (χ0n) is 32.6. The Morgan fingerprint density at radius 1 is 0.640 bits per heavy atom. The number of phosphoric ester groups is 1. The summed E-state index contributed by atoms with van der Waals surface area (Å²) in [5.41, 5.74) is 0. The summed E-state index contributed by atoms with van der Waals surface area (Å²) in [7, 11) is 1.32. The summed E-state index contributed by atoms with van der Waals surface area (Å²) in [5.74, 6) is -0.360. The first-order valence-corrected chi connectivity index (χ1v) is 21.0. The van der Waals surface area contributed by atoms with Crippen molar-refractivity contribution in [1.82, 2.24) is 0 Å². The molecule has 0 radical (unpaired) electrons. The van der Waals surface area contributed by atoms with E-state index >= 15 is 0 Å². The van der Waals surface area contributed by atoms with E-state index in [1.807, 2.05) is 21.1 Å². The maximum atomic E-state index is 12.6. The van der Waals surface area contributed by atoms with Crippen LogP contribution in [-0.2, 0) is 27.9 Å². The minimum absolute atomic E-state index is 0.0156. The van der Waals surface area contributed by atoms with Crippen LogP contribution in [0.4, 0.5) is 0 Å². The van der Waals surface area contributed by atoms with E-state index in [1.54, 1.807) is 0 Å². The molecule has 0 heterocycles. The molecule has 0 fully saturated rings. The molecule has 0 bridgehead atoms. The molecule has 50 heavy (non-hydrogen) atoms. The summed E-state index contributed by atoms with van der Waals surface area (Å²) in [5, 5.41) is 0. The first-order chi connectivity index (χ1) is 24.1. The van der Waals surface area contributed by atoms with Crippen molar-refractivity contribution in [2.45, 2.75) is 142 Å². The van der Waals surface area contributed by atoms with Gasteiger partial charge in [-0.15, -0.1) is 0 Å². The summed E-state index contributed by atoms with van der Waals surface area (Å²) in [6, 6.07) is 0. The summed E-state index contributed by atoms with van der Waals surface area (Å²) < 4.78 is 34.4. The van der Waals surface area contributed by atoms with Crippen molar-refractivity contribution in [2.75, 3.05) is 54.1 Å². The number of ether oxygens (including phenoxy) is 2. The highest BCUT2D eigenvalue weighted by Gasteiger charge is 2.20. The Balaban J connectivity index is 4.38. The summed E-state index contributed by atoms with van der Waals surface area (Å²) >= 11 is 0. The molecule has 0 rings (SSSR count). The Morgan fingerprint density at radius 2 is 1.16 bits per heavy atom. The largest absolute Gasteiger partial charge is 0.756 e. The van der Waals surface area contributed by atoms with E-state index in [-0.39, 0.29) is 32.2 Å². The van der Waals surface area contributed by atoms with Gasteiger partial charge < -0.3 is 27.9 Å². The van der Waals surface area contributed by atoms with E-state index in [4.69, 9.17) is 18.5 Å². The van der Waals surface area contributed by atoms with Crippen LogP contribution in [0.3, 0.4) is 0 Å². The van der Waals surface area contributed by atoms with E-state index in [0.29, 0.717) is 17.6 Å². The Kier molecular flexibility index (Phi) is 33.1. The number of unbranched alkanes of at least 4 members (excludes halogenated alkanes) is 11. The third-order valence-corrected chi connectivity index (χ3v) is 8.77. The lowest BCUT2D eigenvalue weighted by Crippen LogP contribution is -2.37. The molecule has 0 amide bonds. The quantitative estimate of drug-likeness (QED) is 0.0211. The van der Waals surface area contributed by atoms with Crippen LogP contribution in [0.1, 0.15) is 136 Å². The van der Waals surface area contributed by atoms with E-state index in [0.717, 1.165) is 96.3 Å². The van der Waals surface area contributed by atoms with E-state index in [2.05, 4.69) is 74.6 Å². The van der Waals surface area contributed by atoms with Crippen molar-refractivity contribution in [3.8, 4) is 0 Å². The van der Waals surface area contributed by atoms with Crippen LogP contribution >= 0.6 is 7.82 Å². The highest BCUT2D eigenvalue weighted by molar-refractivity contribution is 7.45. The Labute approximate surface area is 307 Å². The third-order valence-electron chi connectivity index (χ3n) is 7.80. The van der Waals surface area contributed by atoms with Crippen LogP contribution < -0.4 is 4.89 Å². The smallest absolute Gasteiger partial charge is 0.306 e. The molecule has 0 aliphatic carbocycles. The maximum Gasteiger partial charge on any atom is 0.306 e. The lowest BCUT2D eigenvalue weighted by atomic mass is 10.1. The minimum Gasteiger partial charge on any atom is -0.756 e. The fraction of sp³-hybridized carbons (Fsp3) is 0.732. The number of hydrogen-bond donors (Lipinski definition) is 0. The Hall–Kier alpha value is -1.80. The molecule has 0 aromatic rings. The fourth-order valence-corrected chi connectivity index (χ4v) is 5.48. The zero-order valence-corrected chi connectivity index (χ0v) is 33.5. The van der Waals surface area contributed by atoms with Crippen molar-refractivity contribution in [3.05, 3.63) is 60.8 Å². The number of phosphoric acid groups is 1. The van der Waals surface area contributed by atoms with Gasteiger partial charge in [0.2, 0.25) is 0 Å². The fourth-order valence-electron chi connectivity index (χ4n) is 4.75. The molecular weight excluding hydrogens is 649 g/mol. The van der Waals surface area contributed by atoms with Crippen LogP contribution in [0.2, 0.25) is 0 Å². The van der Waals surface area contributed by atoms with E-state index in [9.17, 15) is 14.3 Å². The monoisotopic (exact) mass is 724 g/mol. The number of allylic oxidation sites excluding steroid dienone is 10. The average Bonchev–Trinajstić information content (AvgIpc) is 3.06. The minimum atomic E-state index is -4.53. The molecule has 0 aliphatic rings. The first kappa shape index (κ1) is 48.2. The van der Waals surface area contributed by atoms with Crippen molar-refractivity contribution in [2.24, 2.45) is 0 Å². The van der Waals surface area contributed by atoms with Gasteiger partial charge in [0.15, 0.2) is 0 Å². The molecular formula is C41H74NO7P. The van der Waals surface area contributed by atoms with Gasteiger partial charge in [-0.05, 0) is 70.6 Å². The topological polar surface area (TPSA) is 94.1 Å². The van der Waals surface area contributed by atoms with Crippen LogP contribution in [0.15, 0.2) is 60.8 Å². The van der Waals surface area contributed by atoms with Crippen LogP contribution in [0.5, 0.6) is 0 Å². The lowest BCUT2D eigenvalue weighted by Gasteiger charge is -2.28. The number of quaternary nitrogens is 1. The highest BCUT2D eigenvalue weighted by atomic mass is 31.2. The molecule has 0 saturated heterocycles. The predicted molar refractivity (Wildman–Crippen MR) is 208 cm³/mol. The molecule has 8 nitrogen and oxygen atoms in total. The molecule has 2 unspecified atom stereocenters. The lowest BCUT2D eigenvalue weighted by molar-refractivity contribution is -0.870. The molecule has 0 spiro atoms. The molecule has 0 aliphatic heterocycles. The number of carbonyl (C=O) groups is 1. The van der Waals surface area contributed by atoms with Crippen LogP contribution in [0, 0.1) is 0 Å². The van der Waals surface area contributed by atoms with Crippen LogP contribution in [-0.4, -0.2) is 70.7 Å². The summed E-state index contributed by atoms with van der Waals surface area (Å²) in [6.07, 6.45) is 40.8. The number of likely N-dealkylation sites (N-methyl/N-ethyl adjacent to an activating group) is 1. The second-order valence-corrected chi connectivity index (χ2v) is 15.3. The molecule has 2 atom stereocenters.